The van der Waals surface area contributed by atoms with Gasteiger partial charge in [0.05, 0.1) is 17.9 Å². The van der Waals surface area contributed by atoms with E-state index in [4.69, 9.17) is 11.6 Å². The quantitative estimate of drug-likeness (QED) is 0.806. The molecule has 4 heteroatoms. The topological polar surface area (TPSA) is 29.9 Å². The Balaban J connectivity index is 2.69. The van der Waals surface area contributed by atoms with E-state index in [-0.39, 0.29) is 0 Å². The molecule has 0 radical (unpaired) electrons. The first-order chi connectivity index (χ1) is 6.13. The van der Waals surface area contributed by atoms with Crippen LogP contribution in [0.15, 0.2) is 17.8 Å². The largest absolute Gasteiger partial charge is 0.377 e. The van der Waals surface area contributed by atoms with E-state index in [1.54, 1.807) is 4.68 Å². The fourth-order valence-corrected chi connectivity index (χ4v) is 1.20. The van der Waals surface area contributed by atoms with Gasteiger partial charge in [0.1, 0.15) is 0 Å². The molecule has 0 atom stereocenters. The van der Waals surface area contributed by atoms with Crippen LogP contribution in [-0.4, -0.2) is 16.3 Å². The van der Waals surface area contributed by atoms with Crippen LogP contribution in [0.3, 0.4) is 0 Å². The number of halogens is 1. The van der Waals surface area contributed by atoms with E-state index in [1.807, 2.05) is 13.2 Å². The van der Waals surface area contributed by atoms with Crippen molar-refractivity contribution >= 4 is 17.3 Å². The highest BCUT2D eigenvalue weighted by atomic mass is 35.5. The lowest BCUT2D eigenvalue weighted by atomic mass is 10.3. The summed E-state index contributed by atoms with van der Waals surface area (Å²) in [7, 11) is 1.90. The summed E-state index contributed by atoms with van der Waals surface area (Å²) in [6, 6.07) is 0. The van der Waals surface area contributed by atoms with Crippen molar-refractivity contribution in [3.8, 4) is 0 Å². The van der Waals surface area contributed by atoms with Crippen LogP contribution < -0.4 is 5.32 Å². The van der Waals surface area contributed by atoms with E-state index in [0.717, 1.165) is 17.8 Å². The van der Waals surface area contributed by atoms with Gasteiger partial charge in [0.15, 0.2) is 0 Å². The lowest BCUT2D eigenvalue weighted by Gasteiger charge is -2.02. The average Bonchev–Trinajstić information content (AvgIpc) is 2.42. The second-order valence-electron chi connectivity index (χ2n) is 2.89. The molecule has 13 heavy (non-hydrogen) atoms. The van der Waals surface area contributed by atoms with Gasteiger partial charge >= 0.3 is 0 Å². The van der Waals surface area contributed by atoms with E-state index in [9.17, 15) is 0 Å². The summed E-state index contributed by atoms with van der Waals surface area (Å²) < 4.78 is 1.79. The zero-order chi connectivity index (χ0) is 9.84. The van der Waals surface area contributed by atoms with Gasteiger partial charge in [-0.25, -0.2) is 0 Å². The second kappa shape index (κ2) is 4.33. The van der Waals surface area contributed by atoms with E-state index >= 15 is 0 Å². The summed E-state index contributed by atoms with van der Waals surface area (Å²) in [4.78, 5) is 0. The van der Waals surface area contributed by atoms with Gasteiger partial charge < -0.3 is 5.32 Å². The summed E-state index contributed by atoms with van der Waals surface area (Å²) in [5.74, 6) is 0. The lowest BCUT2D eigenvalue weighted by Crippen LogP contribution is -2.01. The van der Waals surface area contributed by atoms with Crippen LogP contribution in [0.25, 0.3) is 0 Å². The smallest absolute Gasteiger partial charge is 0.0853 e. The molecule has 1 N–H and O–H groups in total. The normalized spacial score (nSPS) is 10.1. The first kappa shape index (κ1) is 10.1. The molecule has 1 heterocycles. The molecule has 1 rings (SSSR count). The van der Waals surface area contributed by atoms with Crippen LogP contribution >= 0.6 is 11.6 Å². The fourth-order valence-electron chi connectivity index (χ4n) is 1.13. The van der Waals surface area contributed by atoms with Crippen LogP contribution in [0, 0.1) is 0 Å². The molecule has 72 valence electrons. The lowest BCUT2D eigenvalue weighted by molar-refractivity contribution is 0.746. The summed E-state index contributed by atoms with van der Waals surface area (Å²) in [5.41, 5.74) is 2.09. The van der Waals surface area contributed by atoms with Crippen molar-refractivity contribution in [1.82, 2.24) is 9.78 Å². The first-order valence-corrected chi connectivity index (χ1v) is 4.61. The molecule has 0 aliphatic heterocycles. The molecule has 0 unspecified atom stereocenters. The highest BCUT2D eigenvalue weighted by molar-refractivity contribution is 6.29. The summed E-state index contributed by atoms with van der Waals surface area (Å²) in [5, 5.41) is 8.06. The molecule has 1 aromatic heterocycles. The zero-order valence-corrected chi connectivity index (χ0v) is 8.73. The molecule has 3 nitrogen and oxygen atoms in total. The molecule has 0 fully saturated rings. The fraction of sp³-hybridized carbons (Fsp3) is 0.444. The van der Waals surface area contributed by atoms with Crippen molar-refractivity contribution < 1.29 is 0 Å². The predicted molar refractivity (Wildman–Crippen MR) is 56.1 cm³/mol. The number of nitrogens with one attached hydrogen (secondary N) is 1. The zero-order valence-electron chi connectivity index (χ0n) is 7.97. The number of nitrogens with zero attached hydrogens (tertiary/aromatic N) is 2. The highest BCUT2D eigenvalue weighted by Crippen LogP contribution is 2.14. The Morgan fingerprint density at radius 2 is 2.46 bits per heavy atom. The van der Waals surface area contributed by atoms with Crippen molar-refractivity contribution in [2.45, 2.75) is 13.3 Å². The summed E-state index contributed by atoms with van der Waals surface area (Å²) in [6.07, 6.45) is 2.86. The maximum atomic E-state index is 5.65. The van der Waals surface area contributed by atoms with Gasteiger partial charge in [0, 0.05) is 18.3 Å². The molecule has 0 saturated heterocycles. The Hall–Kier alpha value is -0.960. The van der Waals surface area contributed by atoms with Crippen LogP contribution in [0.1, 0.15) is 12.6 Å². The summed E-state index contributed by atoms with van der Waals surface area (Å²) in [6.45, 7) is 6.26. The monoisotopic (exact) mass is 199 g/mol. The number of aryl methyl sites for hydroxylation is 2. The Labute approximate surface area is 83.4 Å². The highest BCUT2D eigenvalue weighted by Gasteiger charge is 2.04. The van der Waals surface area contributed by atoms with Gasteiger partial charge in [-0.15, -0.1) is 0 Å². The standard InChI is InChI=1S/C9H14ClN3/c1-4-8-9(6-13(3)12-8)11-5-7(2)10/h6,11H,2,4-5H2,1,3H3. The van der Waals surface area contributed by atoms with Gasteiger partial charge in [0.2, 0.25) is 0 Å². The van der Waals surface area contributed by atoms with Gasteiger partial charge in [0.25, 0.3) is 0 Å². The van der Waals surface area contributed by atoms with Gasteiger partial charge in [-0.05, 0) is 6.42 Å². The van der Waals surface area contributed by atoms with E-state index in [1.165, 1.54) is 0 Å². The van der Waals surface area contributed by atoms with Crippen LogP contribution in [0.5, 0.6) is 0 Å². The van der Waals surface area contributed by atoms with Crippen molar-refractivity contribution in [2.24, 2.45) is 7.05 Å². The third-order valence-electron chi connectivity index (χ3n) is 1.71. The molecular weight excluding hydrogens is 186 g/mol. The first-order valence-electron chi connectivity index (χ1n) is 4.23. The molecular formula is C9H14ClN3. The Kier molecular flexibility index (Phi) is 3.37. The Morgan fingerprint density at radius 3 is 3.00 bits per heavy atom. The molecule has 1 aromatic rings. The maximum Gasteiger partial charge on any atom is 0.0853 e. The third kappa shape index (κ3) is 2.77. The van der Waals surface area contributed by atoms with Crippen molar-refractivity contribution in [3.63, 3.8) is 0 Å². The average molecular weight is 200 g/mol. The molecule has 0 aliphatic rings. The maximum absolute atomic E-state index is 5.65. The van der Waals surface area contributed by atoms with Crippen molar-refractivity contribution in [3.05, 3.63) is 23.5 Å². The van der Waals surface area contributed by atoms with Crippen molar-refractivity contribution in [1.29, 1.82) is 0 Å². The molecule has 0 saturated carbocycles. The number of hydrogen-bond donors (Lipinski definition) is 1. The number of hydrogen-bond acceptors (Lipinski definition) is 2. The number of anilines is 1. The molecule has 0 bridgehead atoms. The minimum Gasteiger partial charge on any atom is -0.377 e. The third-order valence-corrected chi connectivity index (χ3v) is 1.84. The molecule has 0 aliphatic carbocycles. The number of rotatable bonds is 4. The minimum absolute atomic E-state index is 0.584. The van der Waals surface area contributed by atoms with Gasteiger partial charge in [-0.1, -0.05) is 25.1 Å². The van der Waals surface area contributed by atoms with E-state index in [2.05, 4.69) is 23.9 Å². The van der Waals surface area contributed by atoms with E-state index in [0.29, 0.717) is 11.6 Å². The molecule has 0 spiro atoms. The molecule has 0 aromatic carbocycles. The minimum atomic E-state index is 0.584. The van der Waals surface area contributed by atoms with Crippen LogP contribution in [-0.2, 0) is 13.5 Å². The van der Waals surface area contributed by atoms with Crippen LogP contribution in [0.4, 0.5) is 5.69 Å². The van der Waals surface area contributed by atoms with E-state index < -0.39 is 0 Å². The Morgan fingerprint density at radius 1 is 1.77 bits per heavy atom. The predicted octanol–water partition coefficient (Wildman–Crippen LogP) is 2.15. The number of aromatic nitrogens is 2. The summed E-state index contributed by atoms with van der Waals surface area (Å²) >= 11 is 5.65. The second-order valence-corrected chi connectivity index (χ2v) is 3.42. The van der Waals surface area contributed by atoms with Gasteiger partial charge in [-0.2, -0.15) is 5.10 Å². The van der Waals surface area contributed by atoms with Crippen LogP contribution in [0.2, 0.25) is 0 Å². The van der Waals surface area contributed by atoms with Gasteiger partial charge in [-0.3, -0.25) is 4.68 Å². The SMILES string of the molecule is C=C(Cl)CNc1cn(C)nc1CC. The Bertz CT molecular complexity index is 304. The van der Waals surface area contributed by atoms with Crippen molar-refractivity contribution in [2.75, 3.05) is 11.9 Å². The molecule has 0 amide bonds.